The highest BCUT2D eigenvalue weighted by Gasteiger charge is 2.08. The summed E-state index contributed by atoms with van der Waals surface area (Å²) in [6.45, 7) is 5.52. The molecule has 0 radical (unpaired) electrons. The summed E-state index contributed by atoms with van der Waals surface area (Å²) in [6, 6.07) is 3.44. The molecule has 0 spiro atoms. The SMILES string of the molecule is C=c1[nH]/c(=C\c2ccco2)c(=O)n1CC(=O)OCC. The second kappa shape index (κ2) is 5.43. The van der Waals surface area contributed by atoms with Gasteiger partial charge in [0, 0.05) is 6.08 Å². The summed E-state index contributed by atoms with van der Waals surface area (Å²) in [5.74, 6) is 0.0692. The summed E-state index contributed by atoms with van der Waals surface area (Å²) >= 11 is 0. The van der Waals surface area contributed by atoms with Crippen LogP contribution in [0.2, 0.25) is 0 Å². The molecule has 100 valence electrons. The van der Waals surface area contributed by atoms with Crippen molar-refractivity contribution in [1.82, 2.24) is 9.55 Å². The molecule has 2 rings (SSSR count). The fourth-order valence-corrected chi connectivity index (χ4v) is 1.66. The van der Waals surface area contributed by atoms with E-state index in [1.165, 1.54) is 10.8 Å². The van der Waals surface area contributed by atoms with E-state index in [1.54, 1.807) is 25.1 Å². The molecule has 2 aromatic heterocycles. The van der Waals surface area contributed by atoms with Crippen molar-refractivity contribution in [3.8, 4) is 0 Å². The van der Waals surface area contributed by atoms with Crippen LogP contribution in [0.4, 0.5) is 0 Å². The Morgan fingerprint density at radius 1 is 1.63 bits per heavy atom. The number of imidazole rings is 1. The second-order valence-electron chi connectivity index (χ2n) is 3.84. The summed E-state index contributed by atoms with van der Waals surface area (Å²) in [5, 5.41) is 0.309. The van der Waals surface area contributed by atoms with E-state index in [-0.39, 0.29) is 18.7 Å². The Hall–Kier alpha value is -2.50. The number of rotatable bonds is 4. The molecule has 2 aromatic rings. The monoisotopic (exact) mass is 262 g/mol. The maximum absolute atomic E-state index is 12.1. The highest BCUT2D eigenvalue weighted by atomic mass is 16.5. The minimum absolute atomic E-state index is 0.159. The number of carbonyl (C=O) groups is 1. The molecule has 0 bridgehead atoms. The number of aromatic nitrogens is 2. The molecule has 0 amide bonds. The Morgan fingerprint density at radius 3 is 3.05 bits per heavy atom. The largest absolute Gasteiger partial charge is 0.465 e. The third-order valence-electron chi connectivity index (χ3n) is 2.50. The number of hydrogen-bond acceptors (Lipinski definition) is 4. The van der Waals surface area contributed by atoms with E-state index in [9.17, 15) is 9.59 Å². The van der Waals surface area contributed by atoms with Crippen LogP contribution in [0.1, 0.15) is 12.7 Å². The van der Waals surface area contributed by atoms with Gasteiger partial charge in [-0.3, -0.25) is 14.2 Å². The first kappa shape index (κ1) is 12.9. The van der Waals surface area contributed by atoms with Crippen molar-refractivity contribution in [2.45, 2.75) is 13.5 Å². The highest BCUT2D eigenvalue weighted by Crippen LogP contribution is 1.98. The summed E-state index contributed by atoms with van der Waals surface area (Å²) in [6.07, 6.45) is 3.07. The van der Waals surface area contributed by atoms with Crippen LogP contribution in [-0.4, -0.2) is 22.1 Å². The van der Waals surface area contributed by atoms with Gasteiger partial charge in [0.25, 0.3) is 5.56 Å². The molecule has 2 heterocycles. The lowest BCUT2D eigenvalue weighted by Crippen LogP contribution is -2.34. The van der Waals surface area contributed by atoms with Crippen LogP contribution < -0.4 is 16.4 Å². The van der Waals surface area contributed by atoms with Crippen LogP contribution in [0.15, 0.2) is 27.6 Å². The first-order valence-electron chi connectivity index (χ1n) is 5.80. The minimum Gasteiger partial charge on any atom is -0.465 e. The molecule has 1 N–H and O–H groups in total. The lowest BCUT2D eigenvalue weighted by Gasteiger charge is -2.01. The third kappa shape index (κ3) is 2.85. The number of ether oxygens (including phenoxy) is 1. The number of aromatic amines is 1. The molecule has 0 atom stereocenters. The minimum atomic E-state index is -0.474. The molecule has 6 heteroatoms. The number of carbonyl (C=O) groups excluding carboxylic acids is 1. The van der Waals surface area contributed by atoms with Gasteiger partial charge in [0.1, 0.15) is 23.1 Å². The molecule has 0 aliphatic rings. The smallest absolute Gasteiger partial charge is 0.326 e. The van der Waals surface area contributed by atoms with Crippen molar-refractivity contribution in [2.24, 2.45) is 0 Å². The van der Waals surface area contributed by atoms with Crippen LogP contribution in [0.25, 0.3) is 12.7 Å². The number of H-pyrrole nitrogens is 1. The van der Waals surface area contributed by atoms with Gasteiger partial charge in [0.15, 0.2) is 0 Å². The Morgan fingerprint density at radius 2 is 2.42 bits per heavy atom. The Kier molecular flexibility index (Phi) is 3.70. The zero-order chi connectivity index (χ0) is 13.8. The van der Waals surface area contributed by atoms with Gasteiger partial charge in [-0.25, -0.2) is 0 Å². The Balaban J connectivity index is 2.38. The van der Waals surface area contributed by atoms with Gasteiger partial charge < -0.3 is 14.1 Å². The van der Waals surface area contributed by atoms with Gasteiger partial charge in [-0.2, -0.15) is 0 Å². The number of nitrogens with zero attached hydrogens (tertiary/aromatic N) is 1. The lowest BCUT2D eigenvalue weighted by atomic mass is 10.4. The van der Waals surface area contributed by atoms with E-state index in [4.69, 9.17) is 9.15 Å². The van der Waals surface area contributed by atoms with Gasteiger partial charge in [0.05, 0.1) is 12.9 Å². The number of esters is 1. The van der Waals surface area contributed by atoms with Gasteiger partial charge in [-0.1, -0.05) is 6.58 Å². The van der Waals surface area contributed by atoms with E-state index in [2.05, 4.69) is 11.6 Å². The number of nitrogens with one attached hydrogen (secondary N) is 1. The topological polar surface area (TPSA) is 77.2 Å². The molecule has 6 nitrogen and oxygen atoms in total. The van der Waals surface area contributed by atoms with Crippen molar-refractivity contribution in [3.05, 3.63) is 45.3 Å². The molecule has 19 heavy (non-hydrogen) atoms. The van der Waals surface area contributed by atoms with E-state index < -0.39 is 5.97 Å². The van der Waals surface area contributed by atoms with Crippen molar-refractivity contribution in [1.29, 1.82) is 0 Å². The van der Waals surface area contributed by atoms with Crippen molar-refractivity contribution in [3.63, 3.8) is 0 Å². The predicted molar refractivity (Wildman–Crippen MR) is 68.7 cm³/mol. The number of hydrogen-bond donors (Lipinski definition) is 1. The summed E-state index contributed by atoms with van der Waals surface area (Å²) in [4.78, 5) is 26.3. The maximum Gasteiger partial charge on any atom is 0.326 e. The standard InChI is InChI=1S/C13H14N2O4/c1-3-18-12(16)8-15-9(2)14-11(13(15)17)7-10-5-4-6-19-10/h4-7,14H,2-3,8H2,1H3/b11-7-. The van der Waals surface area contributed by atoms with Crippen LogP contribution in [-0.2, 0) is 16.1 Å². The normalized spacial score (nSPS) is 11.7. The third-order valence-corrected chi connectivity index (χ3v) is 2.50. The van der Waals surface area contributed by atoms with Gasteiger partial charge in [0.2, 0.25) is 0 Å². The Labute approximate surface area is 108 Å². The molecule has 0 aliphatic heterocycles. The highest BCUT2D eigenvalue weighted by molar-refractivity contribution is 5.69. The quantitative estimate of drug-likeness (QED) is 0.759. The molecule has 0 saturated heterocycles. The average Bonchev–Trinajstić information content (AvgIpc) is 2.95. The Bertz CT molecular complexity index is 722. The zero-order valence-electron chi connectivity index (χ0n) is 10.5. The van der Waals surface area contributed by atoms with Gasteiger partial charge >= 0.3 is 5.97 Å². The molecule has 0 aromatic carbocycles. The van der Waals surface area contributed by atoms with Crippen LogP contribution in [0, 0.1) is 0 Å². The van der Waals surface area contributed by atoms with E-state index in [0.29, 0.717) is 16.6 Å². The van der Waals surface area contributed by atoms with Crippen LogP contribution >= 0.6 is 0 Å². The molecular formula is C13H14N2O4. The fraction of sp³-hybridized carbons (Fsp3) is 0.231. The average molecular weight is 262 g/mol. The summed E-state index contributed by atoms with van der Waals surface area (Å²) in [5.41, 5.74) is 0.00492. The van der Waals surface area contributed by atoms with Gasteiger partial charge in [-0.05, 0) is 19.1 Å². The fourth-order valence-electron chi connectivity index (χ4n) is 1.66. The molecule has 0 fully saturated rings. The molecule has 0 unspecified atom stereocenters. The van der Waals surface area contributed by atoms with E-state index in [1.807, 2.05) is 0 Å². The zero-order valence-corrected chi connectivity index (χ0v) is 10.5. The molecular weight excluding hydrogens is 248 g/mol. The second-order valence-corrected chi connectivity index (χ2v) is 3.84. The van der Waals surface area contributed by atoms with Crippen LogP contribution in [0.5, 0.6) is 0 Å². The van der Waals surface area contributed by atoms with Gasteiger partial charge in [-0.15, -0.1) is 0 Å². The van der Waals surface area contributed by atoms with Crippen molar-refractivity contribution < 1.29 is 13.9 Å². The van der Waals surface area contributed by atoms with Crippen molar-refractivity contribution in [2.75, 3.05) is 6.61 Å². The summed E-state index contributed by atoms with van der Waals surface area (Å²) in [7, 11) is 0. The molecule has 0 saturated carbocycles. The maximum atomic E-state index is 12.1. The lowest BCUT2D eigenvalue weighted by molar-refractivity contribution is -0.143. The van der Waals surface area contributed by atoms with Crippen molar-refractivity contribution >= 4 is 18.6 Å². The predicted octanol–water partition coefficient (Wildman–Crippen LogP) is -0.428. The summed E-state index contributed by atoms with van der Waals surface area (Å²) < 4.78 is 11.2. The van der Waals surface area contributed by atoms with E-state index >= 15 is 0 Å². The van der Waals surface area contributed by atoms with E-state index in [0.717, 1.165) is 0 Å². The first-order chi connectivity index (χ1) is 9.11. The first-order valence-corrected chi connectivity index (χ1v) is 5.80. The number of furan rings is 1. The molecule has 0 aliphatic carbocycles. The van der Waals surface area contributed by atoms with Crippen LogP contribution in [0.3, 0.4) is 0 Å².